The lowest BCUT2D eigenvalue weighted by Crippen LogP contribution is -2.46. The highest BCUT2D eigenvalue weighted by Crippen LogP contribution is 2.31. The Morgan fingerprint density at radius 2 is 2.22 bits per heavy atom. The summed E-state index contributed by atoms with van der Waals surface area (Å²) in [5, 5.41) is 8.95. The quantitative estimate of drug-likeness (QED) is 0.875. The lowest BCUT2D eigenvalue weighted by molar-refractivity contribution is -0.139. The smallest absolute Gasteiger partial charge is 0.321 e. The minimum absolute atomic E-state index is 0.0634. The van der Waals surface area contributed by atoms with Gasteiger partial charge in [-0.25, -0.2) is 4.39 Å². The van der Waals surface area contributed by atoms with E-state index in [0.29, 0.717) is 5.75 Å². The first-order chi connectivity index (χ1) is 8.24. The number of nitrogens with two attached hydrogens (primary N) is 1. The number of halogens is 2. The van der Waals surface area contributed by atoms with Crippen molar-refractivity contribution < 1.29 is 14.3 Å². The highest BCUT2D eigenvalue weighted by molar-refractivity contribution is 7.99. The monoisotopic (exact) mass is 291 g/mol. The zero-order valence-corrected chi connectivity index (χ0v) is 11.7. The lowest BCUT2D eigenvalue weighted by atomic mass is 10.1. The van der Waals surface area contributed by atoms with Gasteiger partial charge in [-0.3, -0.25) is 4.79 Å². The molecule has 0 saturated carbocycles. The van der Waals surface area contributed by atoms with Crippen LogP contribution in [0, 0.1) is 5.82 Å². The second-order valence-corrected chi connectivity index (χ2v) is 6.49. The largest absolute Gasteiger partial charge is 0.480 e. The molecule has 0 aromatic heterocycles. The van der Waals surface area contributed by atoms with Crippen molar-refractivity contribution in [3.63, 3.8) is 0 Å². The van der Waals surface area contributed by atoms with Crippen LogP contribution in [0.1, 0.15) is 19.4 Å². The zero-order chi connectivity index (χ0) is 13.9. The lowest BCUT2D eigenvalue weighted by Gasteiger charge is -2.28. The van der Waals surface area contributed by atoms with Gasteiger partial charge in [-0.05, 0) is 31.5 Å². The Hall–Kier alpha value is -0.780. The molecule has 0 radical (unpaired) electrons. The minimum Gasteiger partial charge on any atom is -0.480 e. The normalized spacial score (nSPS) is 13.4. The first-order valence-electron chi connectivity index (χ1n) is 5.30. The highest BCUT2D eigenvalue weighted by Gasteiger charge is 2.32. The topological polar surface area (TPSA) is 63.3 Å². The molecule has 0 aliphatic heterocycles. The third-order valence-corrected chi connectivity index (χ3v) is 4.38. The van der Waals surface area contributed by atoms with E-state index in [1.54, 1.807) is 19.9 Å². The van der Waals surface area contributed by atoms with Crippen LogP contribution in [-0.4, -0.2) is 21.9 Å². The van der Waals surface area contributed by atoms with E-state index in [9.17, 15) is 9.18 Å². The third-order valence-electron chi connectivity index (χ3n) is 2.61. The molecule has 0 unspecified atom stereocenters. The molecule has 3 N–H and O–H groups in total. The minimum atomic E-state index is -1.04. The molecule has 0 aliphatic rings. The van der Waals surface area contributed by atoms with Gasteiger partial charge < -0.3 is 10.8 Å². The molecule has 0 saturated heterocycles. The van der Waals surface area contributed by atoms with E-state index in [-0.39, 0.29) is 5.02 Å². The van der Waals surface area contributed by atoms with Crippen molar-refractivity contribution in [3.05, 3.63) is 34.6 Å². The molecule has 3 nitrogen and oxygen atoms in total. The van der Waals surface area contributed by atoms with Gasteiger partial charge in [0.2, 0.25) is 0 Å². The predicted molar refractivity (Wildman–Crippen MR) is 72.4 cm³/mol. The highest BCUT2D eigenvalue weighted by atomic mass is 35.5. The van der Waals surface area contributed by atoms with Crippen LogP contribution in [0.3, 0.4) is 0 Å². The molecule has 0 fully saturated rings. The van der Waals surface area contributed by atoms with Gasteiger partial charge in [0.25, 0.3) is 0 Å². The molecule has 1 aromatic carbocycles. The summed E-state index contributed by atoms with van der Waals surface area (Å²) in [4.78, 5) is 10.8. The second kappa shape index (κ2) is 5.91. The summed E-state index contributed by atoms with van der Waals surface area (Å²) in [5.74, 6) is -0.981. The number of carbonyl (C=O) groups is 1. The van der Waals surface area contributed by atoms with Crippen molar-refractivity contribution in [3.8, 4) is 0 Å². The average Bonchev–Trinajstić information content (AvgIpc) is 2.29. The van der Waals surface area contributed by atoms with Gasteiger partial charge in [0.15, 0.2) is 0 Å². The summed E-state index contributed by atoms with van der Waals surface area (Å²) in [6.45, 7) is 3.53. The molecule has 0 amide bonds. The SMILES string of the molecule is CC(C)(SCc1ccc(F)c(Cl)c1)[C@H](N)C(=O)O. The zero-order valence-electron chi connectivity index (χ0n) is 10.1. The van der Waals surface area contributed by atoms with Crippen LogP contribution in [0.25, 0.3) is 0 Å². The molecule has 0 bridgehead atoms. The van der Waals surface area contributed by atoms with Crippen molar-refractivity contribution in [1.29, 1.82) is 0 Å². The first kappa shape index (κ1) is 15.3. The fourth-order valence-electron chi connectivity index (χ4n) is 1.29. The van der Waals surface area contributed by atoms with E-state index >= 15 is 0 Å². The predicted octanol–water partition coefficient (Wildman–Crippen LogP) is 2.90. The standard InChI is InChI=1S/C12H15ClFNO2S/c1-12(2,10(15)11(16)17)18-6-7-3-4-9(14)8(13)5-7/h3-5,10H,6,15H2,1-2H3,(H,16,17)/t10-/m1/s1. The summed E-state index contributed by atoms with van der Waals surface area (Å²) < 4.78 is 12.4. The third kappa shape index (κ3) is 3.86. The summed E-state index contributed by atoms with van der Waals surface area (Å²) in [7, 11) is 0. The van der Waals surface area contributed by atoms with Crippen molar-refractivity contribution >= 4 is 29.3 Å². The first-order valence-corrected chi connectivity index (χ1v) is 6.66. The van der Waals surface area contributed by atoms with Gasteiger partial charge in [0, 0.05) is 10.5 Å². The van der Waals surface area contributed by atoms with Crippen LogP contribution < -0.4 is 5.73 Å². The Kier molecular flexibility index (Phi) is 5.01. The van der Waals surface area contributed by atoms with Gasteiger partial charge in [0.05, 0.1) is 5.02 Å². The van der Waals surface area contributed by atoms with Crippen LogP contribution in [0.15, 0.2) is 18.2 Å². The molecule has 0 aliphatic carbocycles. The molecule has 0 spiro atoms. The maximum atomic E-state index is 13.0. The van der Waals surface area contributed by atoms with Crippen LogP contribution >= 0.6 is 23.4 Å². The Bertz CT molecular complexity index is 454. The Labute approximate surface area is 115 Å². The number of rotatable bonds is 5. The molecule has 1 rings (SSSR count). The van der Waals surface area contributed by atoms with Crippen molar-refractivity contribution in [2.75, 3.05) is 0 Å². The summed E-state index contributed by atoms with van der Waals surface area (Å²) in [6, 6.07) is 3.49. The van der Waals surface area contributed by atoms with Crippen LogP contribution in [0.5, 0.6) is 0 Å². The van der Waals surface area contributed by atoms with E-state index in [1.807, 2.05) is 0 Å². The number of hydrogen-bond donors (Lipinski definition) is 2. The van der Waals surface area contributed by atoms with E-state index in [2.05, 4.69) is 0 Å². The maximum Gasteiger partial charge on any atom is 0.321 e. The van der Waals surface area contributed by atoms with Crippen LogP contribution in [0.4, 0.5) is 4.39 Å². The van der Waals surface area contributed by atoms with Gasteiger partial charge in [0.1, 0.15) is 11.9 Å². The average molecular weight is 292 g/mol. The van der Waals surface area contributed by atoms with Crippen molar-refractivity contribution in [1.82, 2.24) is 0 Å². The molecule has 1 atom stereocenters. The molecule has 18 heavy (non-hydrogen) atoms. The Morgan fingerprint density at radius 3 is 2.72 bits per heavy atom. The van der Waals surface area contributed by atoms with Crippen LogP contribution in [0.2, 0.25) is 5.02 Å². The van der Waals surface area contributed by atoms with Crippen molar-refractivity contribution in [2.45, 2.75) is 30.4 Å². The van der Waals surface area contributed by atoms with Gasteiger partial charge in [-0.2, -0.15) is 0 Å². The Balaban J connectivity index is 2.69. The van der Waals surface area contributed by atoms with E-state index < -0.39 is 22.6 Å². The summed E-state index contributed by atoms with van der Waals surface area (Å²) >= 11 is 7.07. The van der Waals surface area contributed by atoms with Crippen LogP contribution in [-0.2, 0) is 10.5 Å². The molecule has 100 valence electrons. The van der Waals surface area contributed by atoms with E-state index in [1.165, 1.54) is 23.9 Å². The van der Waals surface area contributed by atoms with Gasteiger partial charge >= 0.3 is 5.97 Å². The van der Waals surface area contributed by atoms with E-state index in [0.717, 1.165) is 5.56 Å². The van der Waals surface area contributed by atoms with Gasteiger partial charge in [-0.1, -0.05) is 17.7 Å². The van der Waals surface area contributed by atoms with Gasteiger partial charge in [-0.15, -0.1) is 11.8 Å². The number of carboxylic acid groups (broad SMARTS) is 1. The molecule has 1 aromatic rings. The number of carboxylic acids is 1. The molecular weight excluding hydrogens is 277 g/mol. The molecular formula is C12H15ClFNO2S. The van der Waals surface area contributed by atoms with E-state index in [4.69, 9.17) is 22.4 Å². The molecule has 6 heteroatoms. The van der Waals surface area contributed by atoms with Crippen molar-refractivity contribution in [2.24, 2.45) is 5.73 Å². The number of hydrogen-bond acceptors (Lipinski definition) is 3. The number of benzene rings is 1. The molecule has 0 heterocycles. The second-order valence-electron chi connectivity index (χ2n) is 4.46. The maximum absolute atomic E-state index is 13.0. The summed E-state index contributed by atoms with van der Waals surface area (Å²) in [5.41, 5.74) is 6.44. The number of aliphatic carboxylic acids is 1. The fraction of sp³-hybridized carbons (Fsp3) is 0.417. The number of thioether (sulfide) groups is 1. The Morgan fingerprint density at radius 1 is 1.61 bits per heavy atom. The fourth-order valence-corrected chi connectivity index (χ4v) is 2.49. The summed E-state index contributed by atoms with van der Waals surface area (Å²) in [6.07, 6.45) is 0.